The zero-order valence-electron chi connectivity index (χ0n) is 17.7. The van der Waals surface area contributed by atoms with Crippen LogP contribution < -0.4 is 5.56 Å². The van der Waals surface area contributed by atoms with Gasteiger partial charge in [-0.3, -0.25) is 14.2 Å². The predicted molar refractivity (Wildman–Crippen MR) is 124 cm³/mol. The van der Waals surface area contributed by atoms with Gasteiger partial charge in [-0.05, 0) is 48.2 Å². The van der Waals surface area contributed by atoms with Gasteiger partial charge in [-0.25, -0.2) is 4.98 Å². The van der Waals surface area contributed by atoms with Crippen LogP contribution in [-0.4, -0.2) is 34.5 Å². The number of amides is 1. The van der Waals surface area contributed by atoms with Crippen molar-refractivity contribution in [3.63, 3.8) is 0 Å². The predicted octanol–water partition coefficient (Wildman–Crippen LogP) is 5.09. The average Bonchev–Trinajstić information content (AvgIpc) is 2.70. The molecular formula is C23H26ClN3O2S. The maximum Gasteiger partial charge on any atom is 0.262 e. The summed E-state index contributed by atoms with van der Waals surface area (Å²) in [7, 11) is 3.47. The van der Waals surface area contributed by atoms with Crippen LogP contribution in [0.2, 0.25) is 5.02 Å². The standard InChI is InChI=1S/C23H26ClN3O2S/c1-15(2)10-11-27-22(29)19-9-8-18(24)13-20(19)25-23(27)30-14-16-6-5-7-17(12-16)21(28)26(3)4/h5-9,12-13,15H,10-11,14H2,1-4H3. The third kappa shape index (κ3) is 5.24. The molecule has 0 radical (unpaired) electrons. The minimum Gasteiger partial charge on any atom is -0.345 e. The van der Waals surface area contributed by atoms with Gasteiger partial charge in [-0.1, -0.05) is 49.3 Å². The SMILES string of the molecule is CC(C)CCn1c(SCc2cccc(C(=O)N(C)C)c2)nc2cc(Cl)ccc2c1=O. The summed E-state index contributed by atoms with van der Waals surface area (Å²) in [5.41, 5.74) is 2.21. The number of thioether (sulfide) groups is 1. The molecule has 0 aliphatic heterocycles. The van der Waals surface area contributed by atoms with E-state index in [1.54, 1.807) is 41.8 Å². The molecule has 30 heavy (non-hydrogen) atoms. The summed E-state index contributed by atoms with van der Waals surface area (Å²) >= 11 is 7.62. The minimum absolute atomic E-state index is 0.0332. The summed E-state index contributed by atoms with van der Waals surface area (Å²) in [5.74, 6) is 1.05. The number of rotatable bonds is 7. The monoisotopic (exact) mass is 443 g/mol. The van der Waals surface area contributed by atoms with Crippen molar-refractivity contribution in [1.82, 2.24) is 14.5 Å². The van der Waals surface area contributed by atoms with Crippen molar-refractivity contribution in [3.05, 3.63) is 69.0 Å². The molecule has 0 bridgehead atoms. The lowest BCUT2D eigenvalue weighted by molar-refractivity contribution is 0.0827. The van der Waals surface area contributed by atoms with Crippen LogP contribution in [0, 0.1) is 5.92 Å². The first-order valence-electron chi connectivity index (χ1n) is 9.89. The molecule has 1 aromatic heterocycles. The Balaban J connectivity index is 1.94. The van der Waals surface area contributed by atoms with E-state index >= 15 is 0 Å². The Bertz CT molecular complexity index is 1130. The Hall–Kier alpha value is -2.31. The summed E-state index contributed by atoms with van der Waals surface area (Å²) in [6.07, 6.45) is 0.890. The van der Waals surface area contributed by atoms with Crippen LogP contribution in [0.3, 0.4) is 0 Å². The van der Waals surface area contributed by atoms with Gasteiger partial charge in [0.25, 0.3) is 11.5 Å². The normalized spacial score (nSPS) is 11.3. The lowest BCUT2D eigenvalue weighted by Crippen LogP contribution is -2.24. The first-order chi connectivity index (χ1) is 14.3. The Morgan fingerprint density at radius 2 is 1.97 bits per heavy atom. The third-order valence-corrected chi connectivity index (χ3v) is 6.04. The highest BCUT2D eigenvalue weighted by Gasteiger charge is 2.14. The van der Waals surface area contributed by atoms with Crippen LogP contribution in [0.25, 0.3) is 10.9 Å². The van der Waals surface area contributed by atoms with E-state index in [9.17, 15) is 9.59 Å². The van der Waals surface area contributed by atoms with Gasteiger partial charge in [0, 0.05) is 37.0 Å². The number of fused-ring (bicyclic) bond motifs is 1. The fourth-order valence-corrected chi connectivity index (χ4v) is 4.20. The molecule has 7 heteroatoms. The first-order valence-corrected chi connectivity index (χ1v) is 11.3. The van der Waals surface area contributed by atoms with Gasteiger partial charge >= 0.3 is 0 Å². The van der Waals surface area contributed by atoms with E-state index in [0.29, 0.717) is 44.9 Å². The van der Waals surface area contributed by atoms with Gasteiger partial charge < -0.3 is 4.90 Å². The zero-order valence-corrected chi connectivity index (χ0v) is 19.3. The average molecular weight is 444 g/mol. The highest BCUT2D eigenvalue weighted by Crippen LogP contribution is 2.24. The number of benzene rings is 2. The number of hydrogen-bond donors (Lipinski definition) is 0. The summed E-state index contributed by atoms with van der Waals surface area (Å²) in [5, 5.41) is 1.80. The van der Waals surface area contributed by atoms with Crippen LogP contribution in [0.5, 0.6) is 0 Å². The topological polar surface area (TPSA) is 55.2 Å². The molecule has 1 heterocycles. The molecule has 158 valence electrons. The molecule has 0 unspecified atom stereocenters. The molecule has 0 saturated carbocycles. The first kappa shape index (κ1) is 22.4. The van der Waals surface area contributed by atoms with E-state index in [2.05, 4.69) is 13.8 Å². The molecule has 0 fully saturated rings. The molecule has 0 N–H and O–H groups in total. The van der Waals surface area contributed by atoms with Gasteiger partial charge in [-0.15, -0.1) is 0 Å². The van der Waals surface area contributed by atoms with E-state index in [4.69, 9.17) is 16.6 Å². The van der Waals surface area contributed by atoms with Gasteiger partial charge in [-0.2, -0.15) is 0 Å². The second-order valence-electron chi connectivity index (χ2n) is 7.88. The van der Waals surface area contributed by atoms with Crippen molar-refractivity contribution in [2.45, 2.75) is 37.7 Å². The highest BCUT2D eigenvalue weighted by atomic mass is 35.5. The van der Waals surface area contributed by atoms with Crippen molar-refractivity contribution in [2.24, 2.45) is 5.92 Å². The van der Waals surface area contributed by atoms with Crippen molar-refractivity contribution in [1.29, 1.82) is 0 Å². The van der Waals surface area contributed by atoms with E-state index in [1.807, 2.05) is 24.3 Å². The van der Waals surface area contributed by atoms with Gasteiger partial charge in [0.2, 0.25) is 0 Å². The zero-order chi connectivity index (χ0) is 21.8. The Labute approximate surface area is 186 Å². The Morgan fingerprint density at radius 1 is 1.20 bits per heavy atom. The second kappa shape index (κ2) is 9.67. The lowest BCUT2D eigenvalue weighted by atomic mass is 10.1. The maximum absolute atomic E-state index is 13.1. The highest BCUT2D eigenvalue weighted by molar-refractivity contribution is 7.98. The van der Waals surface area contributed by atoms with E-state index in [0.717, 1.165) is 12.0 Å². The third-order valence-electron chi connectivity index (χ3n) is 4.76. The van der Waals surface area contributed by atoms with Crippen molar-refractivity contribution in [3.8, 4) is 0 Å². The van der Waals surface area contributed by atoms with Gasteiger partial charge in [0.1, 0.15) is 0 Å². The van der Waals surface area contributed by atoms with Crippen LogP contribution in [0.4, 0.5) is 0 Å². The number of halogens is 1. The molecule has 1 amide bonds. The summed E-state index contributed by atoms with van der Waals surface area (Å²) < 4.78 is 1.76. The number of aromatic nitrogens is 2. The second-order valence-corrected chi connectivity index (χ2v) is 9.26. The maximum atomic E-state index is 13.1. The van der Waals surface area contributed by atoms with Gasteiger partial charge in [0.15, 0.2) is 5.16 Å². The summed E-state index contributed by atoms with van der Waals surface area (Å²) in [6, 6.07) is 12.8. The van der Waals surface area contributed by atoms with Crippen LogP contribution in [0.1, 0.15) is 36.2 Å². The molecule has 0 aliphatic rings. The fourth-order valence-electron chi connectivity index (χ4n) is 3.07. The van der Waals surface area contributed by atoms with Gasteiger partial charge in [0.05, 0.1) is 10.9 Å². The van der Waals surface area contributed by atoms with Crippen molar-refractivity contribution < 1.29 is 4.79 Å². The van der Waals surface area contributed by atoms with Crippen LogP contribution in [-0.2, 0) is 12.3 Å². The number of carbonyl (C=O) groups is 1. The summed E-state index contributed by atoms with van der Waals surface area (Å²) in [4.78, 5) is 31.7. The van der Waals surface area contributed by atoms with Crippen molar-refractivity contribution in [2.75, 3.05) is 14.1 Å². The molecular weight excluding hydrogens is 418 g/mol. The quantitative estimate of drug-likeness (QED) is 0.377. The minimum atomic E-state index is -0.0450. The Morgan fingerprint density at radius 3 is 2.67 bits per heavy atom. The number of hydrogen-bond acceptors (Lipinski definition) is 4. The molecule has 5 nitrogen and oxygen atoms in total. The fraction of sp³-hybridized carbons (Fsp3) is 0.348. The molecule has 2 aromatic carbocycles. The van der Waals surface area contributed by atoms with E-state index in [-0.39, 0.29) is 11.5 Å². The number of carbonyl (C=O) groups excluding carboxylic acids is 1. The smallest absolute Gasteiger partial charge is 0.262 e. The lowest BCUT2D eigenvalue weighted by Gasteiger charge is -2.15. The molecule has 3 rings (SSSR count). The van der Waals surface area contributed by atoms with Crippen molar-refractivity contribution >= 4 is 40.2 Å². The molecule has 0 saturated heterocycles. The molecule has 3 aromatic rings. The molecule has 0 atom stereocenters. The van der Waals surface area contributed by atoms with Crippen LogP contribution >= 0.6 is 23.4 Å². The van der Waals surface area contributed by atoms with E-state index in [1.165, 1.54) is 11.8 Å². The Kier molecular flexibility index (Phi) is 7.21. The molecule has 0 aliphatic carbocycles. The summed E-state index contributed by atoms with van der Waals surface area (Å²) in [6.45, 7) is 4.89. The van der Waals surface area contributed by atoms with E-state index < -0.39 is 0 Å². The largest absolute Gasteiger partial charge is 0.345 e. The molecule has 0 spiro atoms. The number of nitrogens with zero attached hydrogens (tertiary/aromatic N) is 3. The van der Waals surface area contributed by atoms with Crippen LogP contribution in [0.15, 0.2) is 52.4 Å².